The maximum atomic E-state index is 11.5. The van der Waals surface area contributed by atoms with Crippen LogP contribution in [0.2, 0.25) is 0 Å². The average Bonchev–Trinajstić information content (AvgIpc) is 2.47. The Morgan fingerprint density at radius 2 is 2.00 bits per heavy atom. The van der Waals surface area contributed by atoms with E-state index in [9.17, 15) is 9.59 Å². The molecule has 1 atom stereocenters. The molecule has 5 heteroatoms. The summed E-state index contributed by atoms with van der Waals surface area (Å²) in [6.07, 6.45) is -0.0243. The predicted octanol–water partition coefficient (Wildman–Crippen LogP) is 0.500. The number of anilines is 1. The third-order valence-corrected chi connectivity index (χ3v) is 2.49. The molecule has 5 nitrogen and oxygen atoms in total. The lowest BCUT2D eigenvalue weighted by Crippen LogP contribution is -2.26. The summed E-state index contributed by atoms with van der Waals surface area (Å²) in [5.41, 5.74) is 6.74. The van der Waals surface area contributed by atoms with E-state index in [4.69, 9.17) is 10.9 Å². The van der Waals surface area contributed by atoms with Gasteiger partial charge in [-0.2, -0.15) is 5.06 Å². The molecule has 0 aliphatic carbocycles. The van der Waals surface area contributed by atoms with Gasteiger partial charge in [0.25, 0.3) is 11.8 Å². The first kappa shape index (κ1) is 9.67. The highest BCUT2D eigenvalue weighted by Crippen LogP contribution is 2.31. The molecule has 0 spiro atoms. The molecule has 1 aliphatic heterocycles. The second-order valence-electron chi connectivity index (χ2n) is 3.43. The molecular formula is C10H10N2O3. The van der Waals surface area contributed by atoms with E-state index < -0.39 is 17.7 Å². The third kappa shape index (κ3) is 1.46. The second kappa shape index (κ2) is 3.36. The minimum atomic E-state index is -0.649. The lowest BCUT2D eigenvalue weighted by molar-refractivity contribution is -0.171. The summed E-state index contributed by atoms with van der Waals surface area (Å²) in [7, 11) is 0. The molecule has 2 rings (SSSR count). The van der Waals surface area contributed by atoms with Crippen LogP contribution >= 0.6 is 0 Å². The van der Waals surface area contributed by atoms with E-state index in [0.717, 1.165) is 0 Å². The van der Waals surface area contributed by atoms with Crippen molar-refractivity contribution in [3.8, 4) is 0 Å². The van der Waals surface area contributed by atoms with Gasteiger partial charge in [0.05, 0.1) is 5.92 Å². The molecule has 1 aromatic carbocycles. The largest absolute Gasteiger partial charge is 0.398 e. The Morgan fingerprint density at radius 1 is 1.33 bits per heavy atom. The number of hydroxylamine groups is 2. The SMILES string of the molecule is Nc1ccccc1C1CC(=O)N(O)C1=O. The Labute approximate surface area is 86.1 Å². The minimum Gasteiger partial charge on any atom is -0.398 e. The first-order valence-electron chi connectivity index (χ1n) is 4.51. The Hall–Kier alpha value is -1.88. The fraction of sp³-hybridized carbons (Fsp3) is 0.200. The Kier molecular flexibility index (Phi) is 2.17. The van der Waals surface area contributed by atoms with Crippen LogP contribution in [0.5, 0.6) is 0 Å². The fourth-order valence-corrected chi connectivity index (χ4v) is 1.69. The van der Waals surface area contributed by atoms with E-state index >= 15 is 0 Å². The molecule has 1 unspecified atom stereocenters. The maximum absolute atomic E-state index is 11.5. The Balaban J connectivity index is 2.38. The van der Waals surface area contributed by atoms with Crippen LogP contribution in [0, 0.1) is 0 Å². The van der Waals surface area contributed by atoms with Crippen molar-refractivity contribution in [3.63, 3.8) is 0 Å². The second-order valence-corrected chi connectivity index (χ2v) is 3.43. The number of carbonyl (C=O) groups excluding carboxylic acids is 2. The molecule has 0 saturated carbocycles. The van der Waals surface area contributed by atoms with Crippen LogP contribution in [-0.2, 0) is 9.59 Å². The number of rotatable bonds is 1. The van der Waals surface area contributed by atoms with Gasteiger partial charge >= 0.3 is 0 Å². The van der Waals surface area contributed by atoms with E-state index in [1.54, 1.807) is 24.3 Å². The fourth-order valence-electron chi connectivity index (χ4n) is 1.69. The number of nitrogen functional groups attached to an aromatic ring is 1. The first-order chi connectivity index (χ1) is 7.11. The van der Waals surface area contributed by atoms with Crippen LogP contribution in [0.3, 0.4) is 0 Å². The van der Waals surface area contributed by atoms with Crippen LogP contribution in [-0.4, -0.2) is 22.1 Å². The van der Waals surface area contributed by atoms with Gasteiger partial charge in [-0.1, -0.05) is 18.2 Å². The van der Waals surface area contributed by atoms with Gasteiger partial charge in [-0.15, -0.1) is 0 Å². The van der Waals surface area contributed by atoms with Crippen molar-refractivity contribution in [1.82, 2.24) is 5.06 Å². The zero-order valence-electron chi connectivity index (χ0n) is 7.88. The number of benzene rings is 1. The van der Waals surface area contributed by atoms with Gasteiger partial charge in [0, 0.05) is 12.1 Å². The normalized spacial score (nSPS) is 21.1. The summed E-state index contributed by atoms with van der Waals surface area (Å²) >= 11 is 0. The molecule has 2 amide bonds. The van der Waals surface area contributed by atoms with Crippen molar-refractivity contribution in [1.29, 1.82) is 0 Å². The zero-order valence-corrected chi connectivity index (χ0v) is 7.88. The van der Waals surface area contributed by atoms with E-state index in [-0.39, 0.29) is 11.5 Å². The first-order valence-corrected chi connectivity index (χ1v) is 4.51. The zero-order chi connectivity index (χ0) is 11.0. The van der Waals surface area contributed by atoms with Crippen LogP contribution < -0.4 is 5.73 Å². The number of hydrogen-bond donors (Lipinski definition) is 2. The van der Waals surface area contributed by atoms with E-state index in [2.05, 4.69) is 0 Å². The topological polar surface area (TPSA) is 83.6 Å². The van der Waals surface area contributed by atoms with Crippen molar-refractivity contribution < 1.29 is 14.8 Å². The highest BCUT2D eigenvalue weighted by Gasteiger charge is 2.39. The molecule has 1 aromatic rings. The average molecular weight is 206 g/mol. The molecule has 0 bridgehead atoms. The Morgan fingerprint density at radius 3 is 2.53 bits per heavy atom. The molecule has 1 fully saturated rings. The van der Waals surface area contributed by atoms with Gasteiger partial charge in [0.1, 0.15) is 0 Å². The highest BCUT2D eigenvalue weighted by molar-refractivity contribution is 6.05. The minimum absolute atomic E-state index is 0.0243. The van der Waals surface area contributed by atoms with Crippen LogP contribution in [0.25, 0.3) is 0 Å². The third-order valence-electron chi connectivity index (χ3n) is 2.49. The molecular weight excluding hydrogens is 196 g/mol. The number of nitrogens with two attached hydrogens (primary N) is 1. The van der Waals surface area contributed by atoms with Gasteiger partial charge in [-0.05, 0) is 11.6 Å². The molecule has 1 heterocycles. The van der Waals surface area contributed by atoms with E-state index in [0.29, 0.717) is 11.3 Å². The smallest absolute Gasteiger partial charge is 0.261 e. The monoisotopic (exact) mass is 206 g/mol. The molecule has 0 radical (unpaired) electrons. The molecule has 1 saturated heterocycles. The van der Waals surface area contributed by atoms with Gasteiger partial charge in [0.15, 0.2) is 0 Å². The molecule has 3 N–H and O–H groups in total. The number of amides is 2. The van der Waals surface area contributed by atoms with Crippen molar-refractivity contribution in [2.45, 2.75) is 12.3 Å². The predicted molar refractivity (Wildman–Crippen MR) is 51.9 cm³/mol. The van der Waals surface area contributed by atoms with Crippen molar-refractivity contribution in [2.75, 3.05) is 5.73 Å². The highest BCUT2D eigenvalue weighted by atomic mass is 16.5. The van der Waals surface area contributed by atoms with Gasteiger partial charge in [-0.3, -0.25) is 14.8 Å². The van der Waals surface area contributed by atoms with Crippen molar-refractivity contribution >= 4 is 17.5 Å². The Bertz CT molecular complexity index is 430. The molecule has 1 aliphatic rings. The standard InChI is InChI=1S/C10H10N2O3/c11-8-4-2-1-3-6(8)7-5-9(13)12(15)10(7)14/h1-4,7,15H,5,11H2. The number of hydrogen-bond acceptors (Lipinski definition) is 4. The maximum Gasteiger partial charge on any atom is 0.261 e. The number of nitrogens with zero attached hydrogens (tertiary/aromatic N) is 1. The van der Waals surface area contributed by atoms with Crippen LogP contribution in [0.1, 0.15) is 17.9 Å². The summed E-state index contributed by atoms with van der Waals surface area (Å²) in [6, 6.07) is 6.83. The van der Waals surface area contributed by atoms with Crippen molar-refractivity contribution in [2.24, 2.45) is 0 Å². The van der Waals surface area contributed by atoms with Crippen LogP contribution in [0.4, 0.5) is 5.69 Å². The molecule has 78 valence electrons. The van der Waals surface area contributed by atoms with Gasteiger partial charge in [-0.25, -0.2) is 0 Å². The van der Waals surface area contributed by atoms with Gasteiger partial charge in [0.2, 0.25) is 0 Å². The summed E-state index contributed by atoms with van der Waals surface area (Å²) in [4.78, 5) is 22.6. The summed E-state index contributed by atoms with van der Waals surface area (Å²) in [5.74, 6) is -1.85. The van der Waals surface area contributed by atoms with E-state index in [1.807, 2.05) is 0 Å². The van der Waals surface area contributed by atoms with Gasteiger partial charge < -0.3 is 5.73 Å². The summed E-state index contributed by atoms with van der Waals surface area (Å²) in [5, 5.41) is 9.25. The lowest BCUT2D eigenvalue weighted by Gasteiger charge is -2.10. The van der Waals surface area contributed by atoms with Crippen LogP contribution in [0.15, 0.2) is 24.3 Å². The number of carbonyl (C=O) groups is 2. The van der Waals surface area contributed by atoms with E-state index in [1.165, 1.54) is 0 Å². The molecule has 0 aromatic heterocycles. The van der Waals surface area contributed by atoms with Crippen molar-refractivity contribution in [3.05, 3.63) is 29.8 Å². The lowest BCUT2D eigenvalue weighted by atomic mass is 9.96. The molecule has 15 heavy (non-hydrogen) atoms. The summed E-state index contributed by atoms with van der Waals surface area (Å²) in [6.45, 7) is 0. The quantitative estimate of drug-likeness (QED) is 0.398. The number of imide groups is 1. The summed E-state index contributed by atoms with van der Waals surface area (Å²) < 4.78 is 0. The number of para-hydroxylation sites is 1.